The quantitative estimate of drug-likeness (QED) is 0.290. The number of imidazole rings is 1. The van der Waals surface area contributed by atoms with E-state index in [4.69, 9.17) is 0 Å². The molecule has 0 aliphatic rings. The molecule has 0 aliphatic carbocycles. The van der Waals surface area contributed by atoms with Crippen LogP contribution in [0.2, 0.25) is 0 Å². The second-order valence-electron chi connectivity index (χ2n) is 8.56. The first-order valence-corrected chi connectivity index (χ1v) is 12.8. The second kappa shape index (κ2) is 10.4. The van der Waals surface area contributed by atoms with Crippen LogP contribution >= 0.6 is 15.9 Å². The van der Waals surface area contributed by atoms with E-state index in [0.29, 0.717) is 12.4 Å². The van der Waals surface area contributed by atoms with Crippen molar-refractivity contribution >= 4 is 15.9 Å². The fourth-order valence-corrected chi connectivity index (χ4v) is 5.08. The van der Waals surface area contributed by atoms with Crippen LogP contribution in [0.1, 0.15) is 37.1 Å². The van der Waals surface area contributed by atoms with Crippen molar-refractivity contribution < 1.29 is 0 Å². The zero-order valence-corrected chi connectivity index (χ0v) is 21.7. The van der Waals surface area contributed by atoms with E-state index in [1.165, 1.54) is 0 Å². The van der Waals surface area contributed by atoms with E-state index in [-0.39, 0.29) is 5.69 Å². The number of tetrazole rings is 1. The van der Waals surface area contributed by atoms with Crippen molar-refractivity contribution in [1.29, 1.82) is 0 Å². The molecule has 0 spiro atoms. The standard InChI is InChI=1S/C27H26BrN7O/c1-3-7-21-17-35(25-19(4-2)8-5-10-23(25)28)27(36)34(21)16-18-11-13-20(14-12-18)24-22(9-6-15-29-24)26-30-32-33-31-26/h5-6,8-15,17H,3-4,7,16H2,1-2H3,(H,30,31,32,33). The maximum absolute atomic E-state index is 13.6. The summed E-state index contributed by atoms with van der Waals surface area (Å²) in [4.78, 5) is 18.2. The van der Waals surface area contributed by atoms with Gasteiger partial charge in [-0.3, -0.25) is 14.1 Å². The van der Waals surface area contributed by atoms with Gasteiger partial charge in [0.05, 0.1) is 17.9 Å². The lowest BCUT2D eigenvalue weighted by Gasteiger charge is -2.11. The van der Waals surface area contributed by atoms with Gasteiger partial charge in [0.2, 0.25) is 0 Å². The minimum absolute atomic E-state index is 0.0334. The molecule has 0 fully saturated rings. The van der Waals surface area contributed by atoms with Crippen molar-refractivity contribution in [1.82, 2.24) is 34.7 Å². The van der Waals surface area contributed by atoms with Crippen LogP contribution in [0.25, 0.3) is 28.3 Å². The lowest BCUT2D eigenvalue weighted by molar-refractivity contribution is 0.691. The van der Waals surface area contributed by atoms with Crippen molar-refractivity contribution in [2.45, 2.75) is 39.7 Å². The van der Waals surface area contributed by atoms with Gasteiger partial charge in [-0.2, -0.15) is 0 Å². The fourth-order valence-electron chi connectivity index (χ4n) is 4.48. The van der Waals surface area contributed by atoms with E-state index in [0.717, 1.165) is 63.1 Å². The number of nitrogens with one attached hydrogen (secondary N) is 1. The molecule has 2 aromatic carbocycles. The molecule has 0 amide bonds. The predicted octanol–water partition coefficient (Wildman–Crippen LogP) is 5.21. The lowest BCUT2D eigenvalue weighted by Crippen LogP contribution is -2.25. The third-order valence-corrected chi connectivity index (χ3v) is 6.88. The largest absolute Gasteiger partial charge is 0.333 e. The Balaban J connectivity index is 1.50. The van der Waals surface area contributed by atoms with Crippen LogP contribution in [-0.2, 0) is 19.4 Å². The molecular formula is C27H26BrN7O. The Bertz CT molecular complexity index is 1540. The summed E-state index contributed by atoms with van der Waals surface area (Å²) in [6.45, 7) is 4.73. The number of aryl methyl sites for hydroxylation is 2. The van der Waals surface area contributed by atoms with Crippen molar-refractivity contribution in [3.63, 3.8) is 0 Å². The first-order chi connectivity index (χ1) is 17.6. The maximum Gasteiger partial charge on any atom is 0.333 e. The van der Waals surface area contributed by atoms with Gasteiger partial charge in [0.25, 0.3) is 0 Å². The second-order valence-corrected chi connectivity index (χ2v) is 9.41. The number of rotatable bonds is 8. The first-order valence-electron chi connectivity index (χ1n) is 12.0. The van der Waals surface area contributed by atoms with Crippen LogP contribution in [0, 0.1) is 0 Å². The highest BCUT2D eigenvalue weighted by Gasteiger charge is 2.17. The van der Waals surface area contributed by atoms with Gasteiger partial charge in [-0.05, 0) is 68.5 Å². The summed E-state index contributed by atoms with van der Waals surface area (Å²) in [5.41, 5.74) is 6.64. The molecule has 36 heavy (non-hydrogen) atoms. The summed E-state index contributed by atoms with van der Waals surface area (Å²) in [6, 6.07) is 18.0. The lowest BCUT2D eigenvalue weighted by atomic mass is 10.0. The van der Waals surface area contributed by atoms with Crippen molar-refractivity contribution in [3.05, 3.63) is 98.8 Å². The number of pyridine rings is 1. The average Bonchev–Trinajstić information content (AvgIpc) is 3.54. The van der Waals surface area contributed by atoms with E-state index in [1.807, 2.05) is 59.3 Å². The summed E-state index contributed by atoms with van der Waals surface area (Å²) >= 11 is 3.66. The summed E-state index contributed by atoms with van der Waals surface area (Å²) < 4.78 is 4.58. The highest BCUT2D eigenvalue weighted by Crippen LogP contribution is 2.28. The molecule has 5 aromatic rings. The molecule has 0 atom stereocenters. The molecule has 0 bridgehead atoms. The van der Waals surface area contributed by atoms with Gasteiger partial charge in [0.15, 0.2) is 5.82 Å². The van der Waals surface area contributed by atoms with Gasteiger partial charge >= 0.3 is 5.69 Å². The Morgan fingerprint density at radius 2 is 1.86 bits per heavy atom. The molecule has 0 radical (unpaired) electrons. The molecule has 9 heteroatoms. The monoisotopic (exact) mass is 543 g/mol. The Labute approximate surface area is 217 Å². The number of para-hydroxylation sites is 1. The normalized spacial score (nSPS) is 11.2. The van der Waals surface area contributed by atoms with Crippen molar-refractivity contribution in [3.8, 4) is 28.3 Å². The molecule has 182 valence electrons. The van der Waals surface area contributed by atoms with Crippen LogP contribution in [0.15, 0.2) is 76.3 Å². The maximum atomic E-state index is 13.6. The zero-order chi connectivity index (χ0) is 25.1. The van der Waals surface area contributed by atoms with Crippen molar-refractivity contribution in [2.75, 3.05) is 0 Å². The third kappa shape index (κ3) is 4.54. The molecule has 1 N–H and O–H groups in total. The fraction of sp³-hybridized carbons (Fsp3) is 0.222. The number of H-pyrrole nitrogens is 1. The molecule has 0 unspecified atom stereocenters. The number of benzene rings is 2. The third-order valence-electron chi connectivity index (χ3n) is 6.24. The summed E-state index contributed by atoms with van der Waals surface area (Å²) in [5, 5.41) is 14.2. The van der Waals surface area contributed by atoms with E-state index in [9.17, 15) is 4.79 Å². The van der Waals surface area contributed by atoms with Gasteiger partial charge in [0.1, 0.15) is 0 Å². The summed E-state index contributed by atoms with van der Waals surface area (Å²) in [5.74, 6) is 0.567. The predicted molar refractivity (Wildman–Crippen MR) is 143 cm³/mol. The van der Waals surface area contributed by atoms with Crippen LogP contribution in [0.3, 0.4) is 0 Å². The van der Waals surface area contributed by atoms with Crippen LogP contribution in [0.4, 0.5) is 0 Å². The Hall–Kier alpha value is -3.85. The molecular weight excluding hydrogens is 518 g/mol. The van der Waals surface area contributed by atoms with Gasteiger partial charge < -0.3 is 0 Å². The van der Waals surface area contributed by atoms with Crippen LogP contribution in [-0.4, -0.2) is 34.7 Å². The molecule has 3 aromatic heterocycles. The topological polar surface area (TPSA) is 94.3 Å². The number of hydrogen-bond acceptors (Lipinski definition) is 5. The molecule has 3 heterocycles. The van der Waals surface area contributed by atoms with Crippen LogP contribution < -0.4 is 5.69 Å². The van der Waals surface area contributed by atoms with Gasteiger partial charge in [-0.1, -0.05) is 56.7 Å². The number of halogens is 1. The summed E-state index contributed by atoms with van der Waals surface area (Å²) in [7, 11) is 0. The molecule has 0 saturated heterocycles. The van der Waals surface area contributed by atoms with Gasteiger partial charge in [0, 0.05) is 33.7 Å². The van der Waals surface area contributed by atoms with Crippen molar-refractivity contribution in [2.24, 2.45) is 0 Å². The number of aromatic nitrogens is 7. The number of hydrogen-bond donors (Lipinski definition) is 1. The minimum Gasteiger partial charge on any atom is -0.292 e. The van der Waals surface area contributed by atoms with Gasteiger partial charge in [-0.25, -0.2) is 9.89 Å². The van der Waals surface area contributed by atoms with E-state index >= 15 is 0 Å². The SMILES string of the molecule is CCCc1cn(-c2c(Br)cccc2CC)c(=O)n1Cc1ccc(-c2ncccc2-c2nnn[nH]2)cc1. The average molecular weight is 544 g/mol. The van der Waals surface area contributed by atoms with E-state index in [1.54, 1.807) is 10.8 Å². The number of nitrogens with zero attached hydrogens (tertiary/aromatic N) is 6. The minimum atomic E-state index is -0.0334. The highest BCUT2D eigenvalue weighted by molar-refractivity contribution is 9.10. The Morgan fingerprint density at radius 1 is 1.03 bits per heavy atom. The molecule has 0 saturated carbocycles. The first kappa shape index (κ1) is 23.9. The Morgan fingerprint density at radius 3 is 2.58 bits per heavy atom. The van der Waals surface area contributed by atoms with Gasteiger partial charge in [-0.15, -0.1) is 5.10 Å². The Kier molecular flexibility index (Phi) is 6.90. The van der Waals surface area contributed by atoms with E-state index < -0.39 is 0 Å². The van der Waals surface area contributed by atoms with E-state index in [2.05, 4.69) is 61.5 Å². The number of aromatic amines is 1. The highest BCUT2D eigenvalue weighted by atomic mass is 79.9. The molecule has 8 nitrogen and oxygen atoms in total. The molecule has 5 rings (SSSR count). The smallest absolute Gasteiger partial charge is 0.292 e. The zero-order valence-electron chi connectivity index (χ0n) is 20.1. The van der Waals surface area contributed by atoms with Crippen LogP contribution in [0.5, 0.6) is 0 Å². The summed E-state index contributed by atoms with van der Waals surface area (Å²) in [6.07, 6.45) is 6.37. The molecule has 0 aliphatic heterocycles.